The summed E-state index contributed by atoms with van der Waals surface area (Å²) in [5, 5.41) is 0.101. The molecular formula is C21H20FNO5. The van der Waals surface area contributed by atoms with E-state index in [4.69, 9.17) is 13.6 Å². The molecule has 0 N–H and O–H groups in total. The molecule has 6 nitrogen and oxygen atoms in total. The number of ether oxygens (including phenoxy) is 1. The number of amides is 1. The van der Waals surface area contributed by atoms with Crippen molar-refractivity contribution >= 4 is 16.9 Å². The molecule has 1 atom stereocenters. The molecule has 1 amide bonds. The number of benzene rings is 1. The molecule has 1 fully saturated rings. The zero-order valence-corrected chi connectivity index (χ0v) is 15.4. The quantitative estimate of drug-likeness (QED) is 0.670. The van der Waals surface area contributed by atoms with Crippen LogP contribution >= 0.6 is 0 Å². The number of furan rings is 1. The predicted octanol–water partition coefficient (Wildman–Crippen LogP) is 3.65. The minimum atomic E-state index is -0.535. The molecule has 0 radical (unpaired) electrons. The fourth-order valence-electron chi connectivity index (χ4n) is 3.40. The molecule has 4 rings (SSSR count). The average molecular weight is 385 g/mol. The number of halogens is 1. The number of hydrogen-bond acceptors (Lipinski definition) is 5. The van der Waals surface area contributed by atoms with Crippen LogP contribution in [-0.4, -0.2) is 30.1 Å². The zero-order valence-electron chi connectivity index (χ0n) is 15.4. The molecule has 0 aliphatic carbocycles. The Balaban J connectivity index is 1.66. The van der Waals surface area contributed by atoms with Crippen molar-refractivity contribution in [1.29, 1.82) is 0 Å². The van der Waals surface area contributed by atoms with E-state index in [1.54, 1.807) is 4.90 Å². The second-order valence-corrected chi connectivity index (χ2v) is 6.95. The van der Waals surface area contributed by atoms with Crippen LogP contribution in [0.25, 0.3) is 11.0 Å². The summed E-state index contributed by atoms with van der Waals surface area (Å²) in [6.07, 6.45) is 1.74. The number of carbonyl (C=O) groups excluding carboxylic acids is 1. The van der Waals surface area contributed by atoms with Gasteiger partial charge in [-0.15, -0.1) is 0 Å². The maximum Gasteiger partial charge on any atom is 0.290 e. The monoisotopic (exact) mass is 385 g/mol. The van der Waals surface area contributed by atoms with E-state index in [1.807, 2.05) is 19.1 Å². The second-order valence-electron chi connectivity index (χ2n) is 6.95. The molecule has 0 spiro atoms. The van der Waals surface area contributed by atoms with Crippen LogP contribution in [0.3, 0.4) is 0 Å². The second kappa shape index (κ2) is 7.59. The molecule has 3 aromatic rings. The van der Waals surface area contributed by atoms with Gasteiger partial charge in [-0.25, -0.2) is 4.39 Å². The first-order valence-electron chi connectivity index (χ1n) is 9.19. The smallest absolute Gasteiger partial charge is 0.290 e. The number of aryl methyl sites for hydroxylation is 1. The van der Waals surface area contributed by atoms with Gasteiger partial charge in [0.2, 0.25) is 0 Å². The van der Waals surface area contributed by atoms with E-state index in [0.29, 0.717) is 18.9 Å². The SMILES string of the molecule is Cc1ccc(CN(CC2CCCO2)C(=O)c2cc(=O)c3cc(F)ccc3o2)o1. The summed E-state index contributed by atoms with van der Waals surface area (Å²) in [5.74, 6) is 0.318. The van der Waals surface area contributed by atoms with Crippen LogP contribution in [0.2, 0.25) is 0 Å². The van der Waals surface area contributed by atoms with Crippen molar-refractivity contribution in [2.24, 2.45) is 0 Å². The van der Waals surface area contributed by atoms with Gasteiger partial charge in [0.15, 0.2) is 11.2 Å². The molecule has 2 aromatic heterocycles. The van der Waals surface area contributed by atoms with E-state index in [0.717, 1.165) is 30.7 Å². The van der Waals surface area contributed by atoms with Gasteiger partial charge < -0.3 is 18.5 Å². The van der Waals surface area contributed by atoms with Gasteiger partial charge in [-0.1, -0.05) is 0 Å². The van der Waals surface area contributed by atoms with Crippen LogP contribution in [0.5, 0.6) is 0 Å². The van der Waals surface area contributed by atoms with Gasteiger partial charge >= 0.3 is 0 Å². The minimum Gasteiger partial charge on any atom is -0.464 e. The molecule has 1 aromatic carbocycles. The first-order valence-corrected chi connectivity index (χ1v) is 9.19. The highest BCUT2D eigenvalue weighted by Gasteiger charge is 2.26. The zero-order chi connectivity index (χ0) is 19.7. The lowest BCUT2D eigenvalue weighted by molar-refractivity contribution is 0.0468. The Bertz CT molecular complexity index is 1060. The highest BCUT2D eigenvalue weighted by molar-refractivity contribution is 5.93. The highest BCUT2D eigenvalue weighted by atomic mass is 19.1. The lowest BCUT2D eigenvalue weighted by atomic mass is 10.2. The van der Waals surface area contributed by atoms with E-state index in [1.165, 1.54) is 12.1 Å². The highest BCUT2D eigenvalue weighted by Crippen LogP contribution is 2.20. The maximum atomic E-state index is 13.4. The molecule has 7 heteroatoms. The summed E-state index contributed by atoms with van der Waals surface area (Å²) < 4.78 is 30.3. The van der Waals surface area contributed by atoms with Gasteiger partial charge in [0.25, 0.3) is 5.91 Å². The largest absolute Gasteiger partial charge is 0.464 e. The number of nitrogens with zero attached hydrogens (tertiary/aromatic N) is 1. The van der Waals surface area contributed by atoms with Crippen LogP contribution in [0.4, 0.5) is 4.39 Å². The third-order valence-corrected chi connectivity index (χ3v) is 4.78. The van der Waals surface area contributed by atoms with Crippen molar-refractivity contribution in [2.75, 3.05) is 13.2 Å². The van der Waals surface area contributed by atoms with Crippen molar-refractivity contribution in [2.45, 2.75) is 32.4 Å². The van der Waals surface area contributed by atoms with Crippen LogP contribution in [0.15, 0.2) is 50.0 Å². The Labute approximate surface area is 160 Å². The lowest BCUT2D eigenvalue weighted by Gasteiger charge is -2.24. The van der Waals surface area contributed by atoms with Crippen molar-refractivity contribution < 1.29 is 22.8 Å². The number of carbonyl (C=O) groups is 1. The molecule has 1 aliphatic heterocycles. The molecule has 3 heterocycles. The summed E-state index contributed by atoms with van der Waals surface area (Å²) in [6.45, 7) is 3.10. The summed E-state index contributed by atoms with van der Waals surface area (Å²) in [6, 6.07) is 8.39. The summed E-state index contributed by atoms with van der Waals surface area (Å²) in [5.41, 5.74) is -0.293. The molecule has 0 bridgehead atoms. The van der Waals surface area contributed by atoms with E-state index >= 15 is 0 Å². The fourth-order valence-corrected chi connectivity index (χ4v) is 3.40. The Kier molecular flexibility index (Phi) is 5.00. The van der Waals surface area contributed by atoms with Crippen molar-refractivity contribution in [3.8, 4) is 0 Å². The first-order chi connectivity index (χ1) is 13.5. The van der Waals surface area contributed by atoms with E-state index in [-0.39, 0.29) is 29.4 Å². The maximum absolute atomic E-state index is 13.4. The van der Waals surface area contributed by atoms with Crippen molar-refractivity contribution in [3.05, 3.63) is 69.7 Å². The van der Waals surface area contributed by atoms with E-state index < -0.39 is 17.2 Å². The molecule has 1 unspecified atom stereocenters. The summed E-state index contributed by atoms with van der Waals surface area (Å²) >= 11 is 0. The normalized spacial score (nSPS) is 16.6. The molecule has 0 saturated carbocycles. The van der Waals surface area contributed by atoms with Gasteiger partial charge in [0.05, 0.1) is 18.0 Å². The van der Waals surface area contributed by atoms with Crippen LogP contribution in [0.1, 0.15) is 34.9 Å². The van der Waals surface area contributed by atoms with E-state index in [9.17, 15) is 14.0 Å². The van der Waals surface area contributed by atoms with Gasteiger partial charge in [0.1, 0.15) is 22.9 Å². The van der Waals surface area contributed by atoms with Gasteiger partial charge in [-0.3, -0.25) is 9.59 Å². The van der Waals surface area contributed by atoms with Crippen LogP contribution in [0, 0.1) is 12.7 Å². The first kappa shape index (κ1) is 18.4. The molecule has 1 saturated heterocycles. The topological polar surface area (TPSA) is 72.9 Å². The Morgan fingerprint density at radius 3 is 2.79 bits per heavy atom. The fraction of sp³-hybridized carbons (Fsp3) is 0.333. The minimum absolute atomic E-state index is 0.0683. The molecular weight excluding hydrogens is 365 g/mol. The van der Waals surface area contributed by atoms with Gasteiger partial charge in [-0.05, 0) is 50.1 Å². The van der Waals surface area contributed by atoms with Crippen LogP contribution < -0.4 is 5.43 Å². The number of hydrogen-bond donors (Lipinski definition) is 0. The Morgan fingerprint density at radius 1 is 1.21 bits per heavy atom. The van der Waals surface area contributed by atoms with Crippen LogP contribution in [-0.2, 0) is 11.3 Å². The summed E-state index contributed by atoms with van der Waals surface area (Å²) in [7, 11) is 0. The summed E-state index contributed by atoms with van der Waals surface area (Å²) in [4.78, 5) is 27.0. The van der Waals surface area contributed by atoms with Crippen molar-refractivity contribution in [3.63, 3.8) is 0 Å². The molecule has 146 valence electrons. The molecule has 28 heavy (non-hydrogen) atoms. The van der Waals surface area contributed by atoms with E-state index in [2.05, 4.69) is 0 Å². The molecule has 1 aliphatic rings. The number of fused-ring (bicyclic) bond motifs is 1. The van der Waals surface area contributed by atoms with Gasteiger partial charge in [0, 0.05) is 19.2 Å². The standard InChI is InChI=1S/C21H20FNO5/c1-13-4-6-16(27-13)12-23(11-15-3-2-8-26-15)21(25)20-10-18(24)17-9-14(22)5-7-19(17)28-20/h4-7,9-10,15H,2-3,8,11-12H2,1H3. The average Bonchev–Trinajstić information content (AvgIpc) is 3.33. The van der Waals surface area contributed by atoms with Gasteiger partial charge in [-0.2, -0.15) is 0 Å². The van der Waals surface area contributed by atoms with Crippen molar-refractivity contribution in [1.82, 2.24) is 4.90 Å². The Hall–Kier alpha value is -2.93. The Morgan fingerprint density at radius 2 is 2.07 bits per heavy atom. The lowest BCUT2D eigenvalue weighted by Crippen LogP contribution is -2.37. The third-order valence-electron chi connectivity index (χ3n) is 4.78. The third kappa shape index (κ3) is 3.84. The number of rotatable bonds is 5. The predicted molar refractivity (Wildman–Crippen MR) is 99.6 cm³/mol.